The zero-order valence-corrected chi connectivity index (χ0v) is 14.0. The summed E-state index contributed by atoms with van der Waals surface area (Å²) in [5.74, 6) is -2.42. The standard InChI is InChI=1S/C21H16O5/c1-26-15-10-8-14(9-11-15)17-20(24)18(22)16(19(23)21(17)25)12-7-13-5-3-2-4-6-13/h2-12,22,25H,1H3. The number of aliphatic hydroxyl groups is 2. The van der Waals surface area contributed by atoms with E-state index in [0.717, 1.165) is 5.56 Å². The van der Waals surface area contributed by atoms with Crippen LogP contribution in [-0.4, -0.2) is 28.9 Å². The molecule has 5 nitrogen and oxygen atoms in total. The van der Waals surface area contributed by atoms with Gasteiger partial charge in [-0.1, -0.05) is 48.5 Å². The largest absolute Gasteiger partial charge is 0.504 e. The van der Waals surface area contributed by atoms with Crippen molar-refractivity contribution in [3.05, 3.63) is 88.9 Å². The summed E-state index contributed by atoms with van der Waals surface area (Å²) in [7, 11) is 1.50. The van der Waals surface area contributed by atoms with E-state index in [1.807, 2.05) is 30.3 Å². The van der Waals surface area contributed by atoms with Crippen LogP contribution in [-0.2, 0) is 9.59 Å². The summed E-state index contributed by atoms with van der Waals surface area (Å²) in [5.41, 5.74) is 0.636. The van der Waals surface area contributed by atoms with Gasteiger partial charge in [0.1, 0.15) is 5.75 Å². The number of allylic oxidation sites excluding steroid dienone is 3. The molecule has 0 aromatic heterocycles. The number of carbonyl (C=O) groups is 2. The van der Waals surface area contributed by atoms with Crippen LogP contribution in [0.2, 0.25) is 0 Å². The average molecular weight is 348 g/mol. The highest BCUT2D eigenvalue weighted by molar-refractivity contribution is 6.38. The van der Waals surface area contributed by atoms with Crippen LogP contribution in [0.4, 0.5) is 0 Å². The van der Waals surface area contributed by atoms with Gasteiger partial charge in [-0.2, -0.15) is 0 Å². The minimum absolute atomic E-state index is 0.230. The van der Waals surface area contributed by atoms with Crippen molar-refractivity contribution in [3.8, 4) is 5.75 Å². The number of ether oxygens (including phenoxy) is 1. The highest BCUT2D eigenvalue weighted by Gasteiger charge is 2.34. The van der Waals surface area contributed by atoms with E-state index in [1.54, 1.807) is 18.2 Å². The minimum Gasteiger partial charge on any atom is -0.504 e. The third-order valence-corrected chi connectivity index (χ3v) is 4.01. The van der Waals surface area contributed by atoms with Crippen LogP contribution in [0.3, 0.4) is 0 Å². The Labute approximate surface area is 150 Å². The summed E-state index contributed by atoms with van der Waals surface area (Å²) < 4.78 is 5.05. The van der Waals surface area contributed by atoms with Gasteiger partial charge in [0, 0.05) is 0 Å². The molecule has 2 N–H and O–H groups in total. The molecule has 0 saturated carbocycles. The maximum atomic E-state index is 12.5. The number of Topliss-reactive ketones (excluding diaryl/α,β-unsaturated/α-hetero) is 2. The molecule has 0 bridgehead atoms. The fourth-order valence-electron chi connectivity index (χ4n) is 2.62. The summed E-state index contributed by atoms with van der Waals surface area (Å²) in [6, 6.07) is 15.4. The Morgan fingerprint density at radius 3 is 2.08 bits per heavy atom. The molecular weight excluding hydrogens is 332 g/mol. The number of hydrogen-bond donors (Lipinski definition) is 2. The first-order valence-electron chi connectivity index (χ1n) is 7.86. The molecule has 0 amide bonds. The molecule has 0 heterocycles. The van der Waals surface area contributed by atoms with Crippen molar-refractivity contribution in [1.29, 1.82) is 0 Å². The minimum atomic E-state index is -0.806. The molecule has 26 heavy (non-hydrogen) atoms. The number of aliphatic hydroxyl groups excluding tert-OH is 2. The molecule has 1 aliphatic rings. The monoisotopic (exact) mass is 348 g/mol. The molecule has 2 aromatic carbocycles. The van der Waals surface area contributed by atoms with Gasteiger partial charge in [0.05, 0.1) is 18.3 Å². The number of ketones is 2. The molecule has 0 unspecified atom stereocenters. The molecule has 0 saturated heterocycles. The molecule has 1 aliphatic carbocycles. The Kier molecular flexibility index (Phi) is 4.71. The van der Waals surface area contributed by atoms with Gasteiger partial charge in [-0.25, -0.2) is 0 Å². The topological polar surface area (TPSA) is 83.8 Å². The van der Waals surface area contributed by atoms with Gasteiger partial charge < -0.3 is 14.9 Å². The van der Waals surface area contributed by atoms with E-state index in [4.69, 9.17) is 4.74 Å². The lowest BCUT2D eigenvalue weighted by molar-refractivity contribution is -0.118. The van der Waals surface area contributed by atoms with Crippen molar-refractivity contribution in [2.24, 2.45) is 0 Å². The molecule has 5 heteroatoms. The fourth-order valence-corrected chi connectivity index (χ4v) is 2.62. The number of benzene rings is 2. The van der Waals surface area contributed by atoms with Crippen molar-refractivity contribution in [2.75, 3.05) is 7.11 Å². The highest BCUT2D eigenvalue weighted by atomic mass is 16.5. The Balaban J connectivity index is 1.97. The van der Waals surface area contributed by atoms with E-state index in [1.165, 1.54) is 25.3 Å². The molecule has 0 fully saturated rings. The number of methoxy groups -OCH3 is 1. The van der Waals surface area contributed by atoms with E-state index in [2.05, 4.69) is 0 Å². The molecule has 0 spiro atoms. The zero-order valence-electron chi connectivity index (χ0n) is 14.0. The summed E-state index contributed by atoms with van der Waals surface area (Å²) >= 11 is 0. The third-order valence-electron chi connectivity index (χ3n) is 4.01. The molecule has 3 rings (SSSR count). The molecule has 130 valence electrons. The first-order valence-corrected chi connectivity index (χ1v) is 7.86. The highest BCUT2D eigenvalue weighted by Crippen LogP contribution is 2.31. The molecule has 0 aliphatic heterocycles. The zero-order chi connectivity index (χ0) is 18.7. The first kappa shape index (κ1) is 17.2. The second-order valence-corrected chi connectivity index (χ2v) is 5.62. The van der Waals surface area contributed by atoms with Gasteiger partial charge >= 0.3 is 0 Å². The van der Waals surface area contributed by atoms with Crippen LogP contribution in [0, 0.1) is 0 Å². The summed E-state index contributed by atoms with van der Waals surface area (Å²) in [4.78, 5) is 25.0. The van der Waals surface area contributed by atoms with Gasteiger partial charge in [-0.15, -0.1) is 0 Å². The van der Waals surface area contributed by atoms with Gasteiger partial charge in [-0.3, -0.25) is 9.59 Å². The predicted octanol–water partition coefficient (Wildman–Crippen LogP) is 3.64. The normalized spacial score (nSPS) is 15.1. The smallest absolute Gasteiger partial charge is 0.232 e. The van der Waals surface area contributed by atoms with Crippen molar-refractivity contribution in [2.45, 2.75) is 0 Å². The molecule has 0 radical (unpaired) electrons. The molecule has 0 atom stereocenters. The van der Waals surface area contributed by atoms with Crippen LogP contribution in [0.25, 0.3) is 11.6 Å². The van der Waals surface area contributed by atoms with E-state index >= 15 is 0 Å². The van der Waals surface area contributed by atoms with Gasteiger partial charge in [0.2, 0.25) is 11.6 Å². The van der Waals surface area contributed by atoms with Crippen molar-refractivity contribution in [1.82, 2.24) is 0 Å². The lowest BCUT2D eigenvalue weighted by atomic mass is 9.88. The van der Waals surface area contributed by atoms with Crippen LogP contribution >= 0.6 is 0 Å². The van der Waals surface area contributed by atoms with E-state index in [9.17, 15) is 19.8 Å². The van der Waals surface area contributed by atoms with E-state index < -0.39 is 23.1 Å². The van der Waals surface area contributed by atoms with Crippen molar-refractivity contribution >= 4 is 23.2 Å². The Hall–Kier alpha value is -3.60. The fraction of sp³-hybridized carbons (Fsp3) is 0.0476. The van der Waals surface area contributed by atoms with E-state index in [-0.39, 0.29) is 11.1 Å². The van der Waals surface area contributed by atoms with Gasteiger partial charge in [-0.05, 0) is 29.3 Å². The maximum Gasteiger partial charge on any atom is 0.232 e. The first-order chi connectivity index (χ1) is 12.5. The second kappa shape index (κ2) is 7.11. The lowest BCUT2D eigenvalue weighted by Gasteiger charge is -2.16. The summed E-state index contributed by atoms with van der Waals surface area (Å²) in [6.45, 7) is 0. The van der Waals surface area contributed by atoms with Crippen LogP contribution in [0.15, 0.2) is 77.8 Å². The molecular formula is C21H16O5. The van der Waals surface area contributed by atoms with Crippen LogP contribution < -0.4 is 4.74 Å². The predicted molar refractivity (Wildman–Crippen MR) is 97.7 cm³/mol. The van der Waals surface area contributed by atoms with Crippen molar-refractivity contribution in [3.63, 3.8) is 0 Å². The van der Waals surface area contributed by atoms with Crippen molar-refractivity contribution < 1.29 is 24.5 Å². The van der Waals surface area contributed by atoms with Crippen LogP contribution in [0.5, 0.6) is 5.75 Å². The average Bonchev–Trinajstić information content (AvgIpc) is 2.68. The van der Waals surface area contributed by atoms with Gasteiger partial charge in [0.25, 0.3) is 0 Å². The second-order valence-electron chi connectivity index (χ2n) is 5.62. The SMILES string of the molecule is COc1ccc(C2=C(O)C(=O)C(C=Cc3ccccc3)=C(O)C2=O)cc1. The quantitative estimate of drug-likeness (QED) is 0.824. The number of hydrogen-bond acceptors (Lipinski definition) is 5. The Morgan fingerprint density at radius 2 is 1.46 bits per heavy atom. The summed E-state index contributed by atoms with van der Waals surface area (Å²) in [5, 5.41) is 20.5. The summed E-state index contributed by atoms with van der Waals surface area (Å²) in [6.07, 6.45) is 2.91. The third kappa shape index (κ3) is 3.15. The molecule has 2 aromatic rings. The lowest BCUT2D eigenvalue weighted by Crippen LogP contribution is -2.22. The number of carbonyl (C=O) groups excluding carboxylic acids is 2. The van der Waals surface area contributed by atoms with Gasteiger partial charge in [0.15, 0.2) is 11.5 Å². The Morgan fingerprint density at radius 1 is 0.808 bits per heavy atom. The number of rotatable bonds is 4. The van der Waals surface area contributed by atoms with Crippen LogP contribution in [0.1, 0.15) is 11.1 Å². The maximum absolute atomic E-state index is 12.5. The van der Waals surface area contributed by atoms with E-state index in [0.29, 0.717) is 11.3 Å². The Bertz CT molecular complexity index is 948.